The van der Waals surface area contributed by atoms with E-state index in [-0.39, 0.29) is 23.6 Å². The highest BCUT2D eigenvalue weighted by Gasteiger charge is 2.30. The van der Waals surface area contributed by atoms with Crippen molar-refractivity contribution in [3.05, 3.63) is 80.1 Å². The van der Waals surface area contributed by atoms with Gasteiger partial charge in [-0.3, -0.25) is 9.59 Å². The Hall–Kier alpha value is -3.07. The fourth-order valence-electron chi connectivity index (χ4n) is 3.65. The molecule has 0 unspecified atom stereocenters. The van der Waals surface area contributed by atoms with Crippen LogP contribution in [0.3, 0.4) is 0 Å². The van der Waals surface area contributed by atoms with Gasteiger partial charge < -0.3 is 15.4 Å². The highest BCUT2D eigenvalue weighted by molar-refractivity contribution is 6.30. The topological polar surface area (TPSA) is 85.3 Å². The number of rotatable bonds is 4. The molecule has 6 heteroatoms. The highest BCUT2D eigenvalue weighted by atomic mass is 35.5. The molecule has 1 saturated carbocycles. The lowest BCUT2D eigenvalue weighted by molar-refractivity contribution is 0.0998. The third kappa shape index (κ3) is 3.77. The molecule has 0 radical (unpaired) electrons. The van der Waals surface area contributed by atoms with Gasteiger partial charge in [0.05, 0.1) is 5.52 Å². The van der Waals surface area contributed by atoms with Crippen LogP contribution in [0.15, 0.2) is 47.3 Å². The fourth-order valence-corrected chi connectivity index (χ4v) is 3.78. The van der Waals surface area contributed by atoms with Crippen LogP contribution in [0, 0.1) is 11.8 Å². The molecule has 0 bridgehead atoms. The zero-order valence-electron chi connectivity index (χ0n) is 15.6. The quantitative estimate of drug-likeness (QED) is 0.653. The molecule has 3 N–H and O–H groups in total. The number of benzene rings is 2. The van der Waals surface area contributed by atoms with E-state index in [9.17, 15) is 9.59 Å². The molecule has 0 atom stereocenters. The van der Waals surface area contributed by atoms with Gasteiger partial charge >= 0.3 is 0 Å². The Morgan fingerprint density at radius 2 is 1.93 bits per heavy atom. The first-order valence-electron chi connectivity index (χ1n) is 9.34. The van der Waals surface area contributed by atoms with Crippen molar-refractivity contribution in [2.24, 2.45) is 5.73 Å². The van der Waals surface area contributed by atoms with Crippen molar-refractivity contribution in [3.63, 3.8) is 0 Å². The number of halogens is 1. The van der Waals surface area contributed by atoms with Gasteiger partial charge in [-0.25, -0.2) is 0 Å². The normalized spacial score (nSPS) is 13.2. The zero-order chi connectivity index (χ0) is 20.5. The second-order valence-corrected chi connectivity index (χ2v) is 7.55. The summed E-state index contributed by atoms with van der Waals surface area (Å²) in [5, 5.41) is 9.96. The number of aliphatic hydroxyl groups is 1. The van der Waals surface area contributed by atoms with Crippen molar-refractivity contribution >= 4 is 28.4 Å². The number of hydrogen-bond donors (Lipinski definition) is 2. The summed E-state index contributed by atoms with van der Waals surface area (Å²) < 4.78 is 2.08. The average Bonchev–Trinajstić information content (AvgIpc) is 3.53. The zero-order valence-corrected chi connectivity index (χ0v) is 16.4. The van der Waals surface area contributed by atoms with Gasteiger partial charge in [-0.05, 0) is 48.7 Å². The maximum absolute atomic E-state index is 13.2. The first kappa shape index (κ1) is 19.3. The maximum Gasteiger partial charge on any atom is 0.254 e. The number of nitrogens with two attached hydrogens (primary N) is 1. The van der Waals surface area contributed by atoms with Crippen LogP contribution in [-0.2, 0) is 6.42 Å². The van der Waals surface area contributed by atoms with Crippen LogP contribution in [0.4, 0.5) is 0 Å². The molecule has 4 rings (SSSR count). The molecule has 0 spiro atoms. The number of carbonyl (C=O) groups is 1. The minimum Gasteiger partial charge on any atom is -0.384 e. The Morgan fingerprint density at radius 1 is 1.21 bits per heavy atom. The van der Waals surface area contributed by atoms with Crippen LogP contribution < -0.4 is 11.2 Å². The van der Waals surface area contributed by atoms with Gasteiger partial charge in [0.1, 0.15) is 12.2 Å². The van der Waals surface area contributed by atoms with E-state index in [1.54, 1.807) is 18.2 Å². The number of aromatic nitrogens is 1. The van der Waals surface area contributed by atoms with Crippen molar-refractivity contribution in [1.29, 1.82) is 0 Å². The summed E-state index contributed by atoms with van der Waals surface area (Å²) >= 11 is 5.99. The molecule has 1 fully saturated rings. The van der Waals surface area contributed by atoms with Crippen LogP contribution >= 0.6 is 11.6 Å². The van der Waals surface area contributed by atoms with Crippen LogP contribution in [0.25, 0.3) is 10.9 Å². The van der Waals surface area contributed by atoms with Crippen molar-refractivity contribution in [1.82, 2.24) is 4.57 Å². The molecule has 1 aliphatic rings. The summed E-state index contributed by atoms with van der Waals surface area (Å²) in [6.07, 6.45) is 2.37. The van der Waals surface area contributed by atoms with Crippen molar-refractivity contribution in [2.75, 3.05) is 6.61 Å². The van der Waals surface area contributed by atoms with E-state index in [0.29, 0.717) is 28.1 Å². The van der Waals surface area contributed by atoms with Crippen LogP contribution in [0.2, 0.25) is 5.02 Å². The molecule has 3 aromatic rings. The number of primary amides is 1. The largest absolute Gasteiger partial charge is 0.384 e. The lowest BCUT2D eigenvalue weighted by atomic mass is 9.99. The van der Waals surface area contributed by atoms with E-state index in [4.69, 9.17) is 22.4 Å². The molecule has 0 saturated heterocycles. The minimum absolute atomic E-state index is 0.0200. The number of nitrogens with zero attached hydrogens (tertiary/aromatic N) is 1. The summed E-state index contributed by atoms with van der Waals surface area (Å²) in [6, 6.07) is 12.9. The predicted octanol–water partition coefficient (Wildman–Crippen LogP) is 3.02. The summed E-state index contributed by atoms with van der Waals surface area (Å²) in [5.74, 6) is 4.65. The molecule has 0 aliphatic heterocycles. The number of fused-ring (bicyclic) bond motifs is 1. The molecular weight excluding hydrogens is 388 g/mol. The van der Waals surface area contributed by atoms with E-state index in [1.807, 2.05) is 24.3 Å². The van der Waals surface area contributed by atoms with E-state index in [2.05, 4.69) is 16.4 Å². The Labute approximate surface area is 172 Å². The van der Waals surface area contributed by atoms with E-state index < -0.39 is 5.91 Å². The SMILES string of the molecule is NC(=O)c1c(Cc2ccc(Cl)cc2)n(C2CC2)c2ccc(C#CCO)cc2c1=O. The van der Waals surface area contributed by atoms with Gasteiger partial charge in [-0.15, -0.1) is 0 Å². The molecule has 1 aliphatic carbocycles. The van der Waals surface area contributed by atoms with Crippen molar-refractivity contribution in [3.8, 4) is 11.8 Å². The highest BCUT2D eigenvalue weighted by Crippen LogP contribution is 2.39. The average molecular weight is 407 g/mol. The third-order valence-corrected chi connectivity index (χ3v) is 5.31. The molecule has 29 heavy (non-hydrogen) atoms. The minimum atomic E-state index is -0.734. The standard InChI is InChI=1S/C23H19ClN2O3/c24-16-6-3-15(4-7-16)13-20-21(23(25)29)22(28)18-12-14(2-1-11-27)5-10-19(18)26(20)17-8-9-17/h3-7,10,12,17,27H,8-9,11,13H2,(H2,25,29). The Morgan fingerprint density at radius 3 is 2.55 bits per heavy atom. The number of hydrogen-bond acceptors (Lipinski definition) is 3. The smallest absolute Gasteiger partial charge is 0.254 e. The number of aliphatic hydroxyl groups excluding tert-OH is 1. The summed E-state index contributed by atoms with van der Waals surface area (Å²) in [7, 11) is 0. The first-order valence-corrected chi connectivity index (χ1v) is 9.72. The second kappa shape index (κ2) is 7.75. The predicted molar refractivity (Wildman–Crippen MR) is 113 cm³/mol. The van der Waals surface area contributed by atoms with E-state index in [0.717, 1.165) is 23.9 Å². The number of amides is 1. The maximum atomic E-state index is 13.2. The number of carbonyl (C=O) groups excluding carboxylic acids is 1. The lowest BCUT2D eigenvalue weighted by Crippen LogP contribution is -2.28. The van der Waals surface area contributed by atoms with Gasteiger partial charge in [0.25, 0.3) is 5.91 Å². The van der Waals surface area contributed by atoms with E-state index >= 15 is 0 Å². The molecule has 5 nitrogen and oxygen atoms in total. The molecule has 146 valence electrons. The second-order valence-electron chi connectivity index (χ2n) is 7.11. The fraction of sp³-hybridized carbons (Fsp3) is 0.217. The monoisotopic (exact) mass is 406 g/mol. The first-order chi connectivity index (χ1) is 14.0. The molecular formula is C23H19ClN2O3. The van der Waals surface area contributed by atoms with Crippen LogP contribution in [0.5, 0.6) is 0 Å². The summed E-state index contributed by atoms with van der Waals surface area (Å²) in [4.78, 5) is 25.5. The molecule has 1 amide bonds. The van der Waals surface area contributed by atoms with Gasteiger partial charge in [-0.2, -0.15) is 0 Å². The summed E-state index contributed by atoms with van der Waals surface area (Å²) in [6.45, 7) is -0.267. The van der Waals surface area contributed by atoms with Gasteiger partial charge in [-0.1, -0.05) is 35.6 Å². The van der Waals surface area contributed by atoms with Gasteiger partial charge in [0.2, 0.25) is 5.43 Å². The molecule has 2 aromatic carbocycles. The van der Waals surface area contributed by atoms with Crippen molar-refractivity contribution in [2.45, 2.75) is 25.3 Å². The number of pyridine rings is 1. The Balaban J connectivity index is 1.99. The Bertz CT molecular complexity index is 1230. The molecule has 1 heterocycles. The van der Waals surface area contributed by atoms with Crippen LogP contribution in [0.1, 0.15) is 46.1 Å². The molecule has 1 aromatic heterocycles. The van der Waals surface area contributed by atoms with Gasteiger partial charge in [0, 0.05) is 34.1 Å². The lowest BCUT2D eigenvalue weighted by Gasteiger charge is -2.20. The third-order valence-electron chi connectivity index (χ3n) is 5.06. The van der Waals surface area contributed by atoms with E-state index in [1.165, 1.54) is 0 Å². The Kier molecular flexibility index (Phi) is 5.14. The van der Waals surface area contributed by atoms with Crippen molar-refractivity contribution < 1.29 is 9.90 Å². The summed E-state index contributed by atoms with van der Waals surface area (Å²) in [5.41, 5.74) is 8.23. The van der Waals surface area contributed by atoms with Crippen LogP contribution in [-0.4, -0.2) is 22.2 Å². The van der Waals surface area contributed by atoms with Gasteiger partial charge in [0.15, 0.2) is 0 Å².